The zero-order valence-electron chi connectivity index (χ0n) is 79.7. The Hall–Kier alpha value is -1.48. The van der Waals surface area contributed by atoms with Gasteiger partial charge in [0.1, 0.15) is 11.6 Å². The molecule has 0 aromatic carbocycles. The lowest BCUT2D eigenvalue weighted by molar-refractivity contribution is -0.890. The number of unbranched alkanes of at least 4 members (excludes halogenated alkanes) is 30. The van der Waals surface area contributed by atoms with E-state index in [2.05, 4.69) is 71.4 Å². The van der Waals surface area contributed by atoms with Crippen molar-refractivity contribution in [2.45, 2.75) is 399 Å². The summed E-state index contributed by atoms with van der Waals surface area (Å²) >= 11 is 0. The van der Waals surface area contributed by atoms with Crippen LogP contribution in [0, 0.1) is 0 Å². The lowest BCUT2D eigenvalue weighted by Gasteiger charge is -2.34. The van der Waals surface area contributed by atoms with E-state index >= 15 is 0 Å². The Morgan fingerprint density at radius 1 is 0.350 bits per heavy atom. The highest BCUT2D eigenvalue weighted by molar-refractivity contribution is 7.85. The predicted molar refractivity (Wildman–Crippen MR) is 501 cm³/mol. The highest BCUT2D eigenvalue weighted by atomic mass is 32.2. The minimum Gasteiger partial charge on any atom is -0.748 e. The summed E-state index contributed by atoms with van der Waals surface area (Å²) in [5.41, 5.74) is 11.1. The van der Waals surface area contributed by atoms with Crippen molar-refractivity contribution >= 4 is 31.8 Å². The van der Waals surface area contributed by atoms with Gasteiger partial charge in [-0.05, 0) is 38.5 Å². The number of Topliss-reactive ketones (excluding diaryl/α,β-unsaturated/α-hetero) is 2. The number of hydrogen-bond donors (Lipinski definition) is 8. The fraction of sp³-hybridized carbons (Fsp3) is 0.979. The molecule has 1 fully saturated rings. The number of ether oxygens (including phenoxy) is 1. The minimum absolute atomic E-state index is 0.166. The molecule has 1 rings (SSSR count). The first-order valence-electron chi connectivity index (χ1n) is 49.7. The molecule has 0 spiro atoms. The molecule has 10 N–H and O–H groups in total. The summed E-state index contributed by atoms with van der Waals surface area (Å²) in [4.78, 5) is 37.1. The number of carbonyl (C=O) groups is 2. The van der Waals surface area contributed by atoms with Gasteiger partial charge in [0.25, 0.3) is 0 Å². The van der Waals surface area contributed by atoms with E-state index in [-0.39, 0.29) is 23.1 Å². The largest absolute Gasteiger partial charge is 0.748 e. The first-order chi connectivity index (χ1) is 57.4. The Kier molecular flexibility index (Phi) is 82.4. The van der Waals surface area contributed by atoms with Crippen LogP contribution in [0.2, 0.25) is 0 Å². The Morgan fingerprint density at radius 3 is 0.925 bits per heavy atom. The van der Waals surface area contributed by atoms with Gasteiger partial charge in [0, 0.05) is 187 Å². The van der Waals surface area contributed by atoms with Gasteiger partial charge >= 0.3 is 0 Å². The summed E-state index contributed by atoms with van der Waals surface area (Å²) in [6, 6.07) is 0. The van der Waals surface area contributed by atoms with Crippen LogP contribution in [0.3, 0.4) is 0 Å². The van der Waals surface area contributed by atoms with Crippen molar-refractivity contribution in [3.8, 4) is 0 Å². The molecular weight excluding hydrogens is 1560 g/mol. The van der Waals surface area contributed by atoms with Crippen molar-refractivity contribution in [1.82, 2.24) is 29.8 Å². The molecule has 0 amide bonds. The van der Waals surface area contributed by atoms with Gasteiger partial charge in [-0.25, -0.2) is 16.8 Å². The second kappa shape index (κ2) is 82.0. The van der Waals surface area contributed by atoms with Crippen molar-refractivity contribution < 1.29 is 74.8 Å². The molecule has 720 valence electrons. The number of nitrogens with zero attached hydrogens (tertiary/aromatic N) is 7. The number of aliphatic hydroxyl groups is 5. The van der Waals surface area contributed by atoms with Gasteiger partial charge in [0.05, 0.1) is 118 Å². The van der Waals surface area contributed by atoms with Crippen LogP contribution in [0.1, 0.15) is 363 Å². The van der Waals surface area contributed by atoms with Crippen LogP contribution in [0.15, 0.2) is 0 Å². The second-order valence-corrected chi connectivity index (χ2v) is 40.2. The Balaban J connectivity index is 0. The fourth-order valence-electron chi connectivity index (χ4n) is 15.9. The second-order valence-electron chi connectivity index (χ2n) is 37.2. The van der Waals surface area contributed by atoms with Gasteiger partial charge in [0.15, 0.2) is 0 Å². The zero-order chi connectivity index (χ0) is 89.7. The van der Waals surface area contributed by atoms with Crippen molar-refractivity contribution in [2.24, 2.45) is 11.5 Å². The number of epoxide rings is 1. The number of nitrogens with one attached hydrogen (secondary N) is 1. The van der Waals surface area contributed by atoms with Crippen LogP contribution in [-0.4, -0.2) is 330 Å². The summed E-state index contributed by atoms with van der Waals surface area (Å²) in [6.45, 7) is 29.4. The van der Waals surface area contributed by atoms with Gasteiger partial charge in [0.2, 0.25) is 0 Å². The molecule has 0 bridgehead atoms. The lowest BCUT2D eigenvalue weighted by atomic mass is 10.1. The number of nitrogens with two attached hydrogens (primary N) is 2. The summed E-state index contributed by atoms with van der Waals surface area (Å²) in [7, 11) is -0.425. The monoisotopic (exact) mass is 1760 g/mol. The molecule has 6 atom stereocenters. The molecule has 120 heavy (non-hydrogen) atoms. The van der Waals surface area contributed by atoms with Crippen molar-refractivity contribution in [3.63, 3.8) is 0 Å². The van der Waals surface area contributed by atoms with Crippen molar-refractivity contribution in [2.75, 3.05) is 197 Å². The smallest absolute Gasteiger partial charge is 0.134 e. The van der Waals surface area contributed by atoms with Crippen LogP contribution >= 0.6 is 0 Å². The molecule has 1 aliphatic heterocycles. The molecule has 24 nitrogen and oxygen atoms in total. The SMILES string of the molecule is CCCCCCCCC(O)CN(CCC(=O)CCC[N+](C)(C)CCCS(=O)(=O)[O-])CCN(CCN(CC(O)CCCCCCCC)CC(O)CCCCCCCC)CCN(CC(O)CCCCCCCC)CC(O)CCCCCCCC.CCCCCCCCC1CO1.C[N+](C)(CCCC(=O)CCNCCN(CCN)CCN)CCCS(=O)(=O)[O-]. The van der Waals surface area contributed by atoms with E-state index in [4.69, 9.17) is 16.2 Å². The number of rotatable bonds is 90. The normalized spacial score (nSPS) is 14.8. The molecule has 0 aromatic heterocycles. The van der Waals surface area contributed by atoms with Gasteiger partial charge in [-0.15, -0.1) is 0 Å². The van der Waals surface area contributed by atoms with E-state index in [0.29, 0.717) is 178 Å². The lowest BCUT2D eigenvalue weighted by Crippen LogP contribution is -2.48. The van der Waals surface area contributed by atoms with Gasteiger partial charge in [-0.1, -0.05) is 273 Å². The van der Waals surface area contributed by atoms with Crippen LogP contribution < -0.4 is 16.8 Å². The molecule has 1 saturated heterocycles. The average molecular weight is 1760 g/mol. The maximum atomic E-state index is 13.6. The minimum atomic E-state index is -4.26. The summed E-state index contributed by atoms with van der Waals surface area (Å²) < 4.78 is 71.9. The molecule has 0 aliphatic carbocycles. The van der Waals surface area contributed by atoms with E-state index in [1.165, 1.54) is 173 Å². The van der Waals surface area contributed by atoms with E-state index in [1.54, 1.807) is 0 Å². The van der Waals surface area contributed by atoms with Crippen molar-refractivity contribution in [1.29, 1.82) is 0 Å². The van der Waals surface area contributed by atoms with E-state index in [1.807, 2.05) is 28.2 Å². The summed E-state index contributed by atoms with van der Waals surface area (Å²) in [6.07, 6.45) is 50.5. The van der Waals surface area contributed by atoms with E-state index in [0.717, 1.165) is 142 Å². The van der Waals surface area contributed by atoms with Crippen LogP contribution in [0.4, 0.5) is 0 Å². The predicted octanol–water partition coefficient (Wildman–Crippen LogP) is 14.2. The number of quaternary nitrogens is 2. The third-order valence-corrected chi connectivity index (χ3v) is 25.4. The third kappa shape index (κ3) is 87.2. The zero-order valence-corrected chi connectivity index (χ0v) is 81.3. The number of aliphatic hydroxyl groups excluding tert-OH is 5. The highest BCUT2D eigenvalue weighted by Gasteiger charge is 2.25. The Morgan fingerprint density at radius 2 is 0.617 bits per heavy atom. The molecule has 0 radical (unpaired) electrons. The van der Waals surface area contributed by atoms with Gasteiger partial charge < -0.3 is 65.1 Å². The molecule has 6 unspecified atom stereocenters. The highest BCUT2D eigenvalue weighted by Crippen LogP contribution is 2.21. The Bertz CT molecular complexity index is 2370. The topological polar surface area (TPSA) is 342 Å². The standard InChI is InChI=1S/C67H139N5O9S.C17H39N5O4S.C10H20O/c1-8-13-18-23-28-33-40-63(74)57-69(47-46-62(73)45-38-54-72(6,7)55-39-56-82(79,80)81)51-48-68(49-52-70(58-64(75)41-34-29-24-19-14-9-2)59-65(76)42-35-30-25-20-15-10-3)50-53-71(60-66(77)43-36-31-26-21-16-11-4)61-67(78)44-37-32-27-22-17-12-5;1-22(2,15-4-16-27(24,25)26)14-3-5-17(23)6-9-20-10-13-21(11-7-18)12-8-19;1-2-3-4-5-6-7-8-10-9-11-10/h63-67,74-78H,8-61H2,1-7H3;20H,3-16,18-19H2,1-2H3;10H,2-9H2,1H3. The van der Waals surface area contributed by atoms with Crippen LogP contribution in [0.5, 0.6) is 0 Å². The molecular formula is C94H198N10O14S2. The third-order valence-electron chi connectivity index (χ3n) is 23.8. The maximum absolute atomic E-state index is 13.6. The van der Waals surface area contributed by atoms with Crippen molar-refractivity contribution in [3.05, 3.63) is 0 Å². The molecule has 0 saturated carbocycles. The van der Waals surface area contributed by atoms with Gasteiger partial charge in [-0.2, -0.15) is 0 Å². The van der Waals surface area contributed by atoms with E-state index < -0.39 is 50.8 Å². The van der Waals surface area contributed by atoms with Crippen LogP contribution in [0.25, 0.3) is 0 Å². The molecule has 1 aliphatic rings. The summed E-state index contributed by atoms with van der Waals surface area (Å²) in [5, 5.41) is 60.9. The average Bonchev–Trinajstić information content (AvgIpc) is 1.75. The number of hydrogen-bond acceptors (Lipinski definition) is 22. The molecule has 1 heterocycles. The summed E-state index contributed by atoms with van der Waals surface area (Å²) in [5.74, 6) is -0.311. The first-order valence-corrected chi connectivity index (χ1v) is 52.8. The molecule has 0 aromatic rings. The molecule has 26 heteroatoms. The maximum Gasteiger partial charge on any atom is 0.134 e. The first kappa shape index (κ1) is 121. The number of carbonyl (C=O) groups excluding carboxylic acids is 2. The number of ketones is 2. The van der Waals surface area contributed by atoms with Gasteiger partial charge in [-0.3, -0.25) is 34.1 Å². The fourth-order valence-corrected chi connectivity index (χ4v) is 16.9. The van der Waals surface area contributed by atoms with Crippen LogP contribution in [-0.2, 0) is 34.6 Å². The quantitative estimate of drug-likeness (QED) is 0.0121. The Labute approximate surface area is 739 Å². The van der Waals surface area contributed by atoms with E-state index in [9.17, 15) is 61.1 Å².